The van der Waals surface area contributed by atoms with Crippen molar-refractivity contribution < 1.29 is 14.3 Å². The van der Waals surface area contributed by atoms with Crippen LogP contribution in [0.25, 0.3) is 11.0 Å². The van der Waals surface area contributed by atoms with Crippen molar-refractivity contribution in [2.24, 2.45) is 5.92 Å². The summed E-state index contributed by atoms with van der Waals surface area (Å²) in [6, 6.07) is 1.83. The van der Waals surface area contributed by atoms with Crippen LogP contribution in [0.3, 0.4) is 0 Å². The second-order valence-electron chi connectivity index (χ2n) is 9.40. The van der Waals surface area contributed by atoms with E-state index in [1.54, 1.807) is 13.1 Å². The third-order valence-electron chi connectivity index (χ3n) is 6.00. The minimum Gasteiger partial charge on any atom is -0.464 e. The molecule has 0 aliphatic heterocycles. The number of pyridine rings is 1. The summed E-state index contributed by atoms with van der Waals surface area (Å²) < 4.78 is 7.39. The van der Waals surface area contributed by atoms with Crippen LogP contribution in [-0.4, -0.2) is 39.1 Å². The molecule has 7 heteroatoms. The average molecular weight is 459 g/mol. The molecule has 2 heterocycles. The fourth-order valence-corrected chi connectivity index (χ4v) is 4.37. The van der Waals surface area contributed by atoms with E-state index in [-0.39, 0.29) is 11.9 Å². The van der Waals surface area contributed by atoms with Crippen molar-refractivity contribution in [3.63, 3.8) is 0 Å². The Hall–Kier alpha value is -2.44. The summed E-state index contributed by atoms with van der Waals surface area (Å²) in [5.74, 6) is 0.974. The SMILES string of the molecule is CCOC(=O)[C@H](CC(C)C)NC(=O)CCCCCCCCC(C)n1c(C)nc2ccncc21. The van der Waals surface area contributed by atoms with Crippen LogP contribution in [0, 0.1) is 12.8 Å². The molecule has 184 valence electrons. The fraction of sp³-hybridized carbons (Fsp3) is 0.692. The maximum Gasteiger partial charge on any atom is 0.328 e. The van der Waals surface area contributed by atoms with Crippen LogP contribution in [0.1, 0.15) is 97.3 Å². The molecule has 1 unspecified atom stereocenters. The highest BCUT2D eigenvalue weighted by Crippen LogP contribution is 2.24. The molecule has 7 nitrogen and oxygen atoms in total. The highest BCUT2D eigenvalue weighted by Gasteiger charge is 2.22. The lowest BCUT2D eigenvalue weighted by Gasteiger charge is -2.19. The molecule has 0 saturated heterocycles. The summed E-state index contributed by atoms with van der Waals surface area (Å²) in [6.07, 6.45) is 12.5. The molecule has 1 N–H and O–H groups in total. The zero-order valence-electron chi connectivity index (χ0n) is 21.1. The van der Waals surface area contributed by atoms with Gasteiger partial charge in [0.15, 0.2) is 0 Å². The quantitative estimate of drug-likeness (QED) is 0.281. The van der Waals surface area contributed by atoms with Gasteiger partial charge in [-0.25, -0.2) is 9.78 Å². The lowest BCUT2D eigenvalue weighted by atomic mass is 10.0. The molecule has 2 rings (SSSR count). The van der Waals surface area contributed by atoms with E-state index >= 15 is 0 Å². The molecule has 2 aromatic heterocycles. The molecule has 2 aromatic rings. The van der Waals surface area contributed by atoms with Crippen LogP contribution in [0.4, 0.5) is 0 Å². The van der Waals surface area contributed by atoms with Gasteiger partial charge >= 0.3 is 5.97 Å². The number of hydrogen-bond acceptors (Lipinski definition) is 5. The maximum absolute atomic E-state index is 12.3. The zero-order valence-corrected chi connectivity index (χ0v) is 21.1. The normalized spacial score (nSPS) is 13.3. The van der Waals surface area contributed by atoms with Gasteiger partial charge < -0.3 is 14.6 Å². The van der Waals surface area contributed by atoms with E-state index in [1.807, 2.05) is 26.1 Å². The number of carbonyl (C=O) groups excluding carboxylic acids is 2. The standard InChI is InChI=1S/C26H42N4O3/c1-6-33-26(32)23(17-19(2)3)29-25(31)14-12-10-8-7-9-11-13-20(4)30-21(5)28-22-15-16-27-18-24(22)30/h15-16,18-20,23H,6-14,17H2,1-5H3,(H,29,31)/t20?,23-/m0/s1. The number of aryl methyl sites for hydroxylation is 1. The molecular weight excluding hydrogens is 416 g/mol. The zero-order chi connectivity index (χ0) is 24.2. The highest BCUT2D eigenvalue weighted by atomic mass is 16.5. The molecule has 0 aliphatic rings. The first-order valence-corrected chi connectivity index (χ1v) is 12.6. The molecule has 0 aliphatic carbocycles. The second kappa shape index (κ2) is 14.0. The number of carbonyl (C=O) groups is 2. The Bertz CT molecular complexity index is 878. The van der Waals surface area contributed by atoms with Crippen LogP contribution in [0.15, 0.2) is 18.5 Å². The Morgan fingerprint density at radius 3 is 2.48 bits per heavy atom. The third kappa shape index (κ3) is 8.78. The first kappa shape index (κ1) is 26.8. The van der Waals surface area contributed by atoms with Crippen molar-refractivity contribution in [1.82, 2.24) is 19.9 Å². The molecule has 1 amide bonds. The van der Waals surface area contributed by atoms with Crippen molar-refractivity contribution in [2.75, 3.05) is 6.61 Å². The van der Waals surface area contributed by atoms with Gasteiger partial charge in [0, 0.05) is 18.7 Å². The topological polar surface area (TPSA) is 86.1 Å². The predicted octanol–water partition coefficient (Wildman–Crippen LogP) is 5.52. The molecule has 0 fully saturated rings. The molecule has 0 saturated carbocycles. The number of imidazole rings is 1. The van der Waals surface area contributed by atoms with Crippen LogP contribution in [0.2, 0.25) is 0 Å². The smallest absolute Gasteiger partial charge is 0.328 e. The molecule has 0 bridgehead atoms. The minimum atomic E-state index is -0.536. The van der Waals surface area contributed by atoms with Gasteiger partial charge in [-0.2, -0.15) is 0 Å². The molecule has 0 spiro atoms. The van der Waals surface area contributed by atoms with Gasteiger partial charge in [0.2, 0.25) is 5.91 Å². The van der Waals surface area contributed by atoms with E-state index in [4.69, 9.17) is 4.74 Å². The second-order valence-corrected chi connectivity index (χ2v) is 9.40. The van der Waals surface area contributed by atoms with Crippen LogP contribution in [-0.2, 0) is 14.3 Å². The van der Waals surface area contributed by atoms with Crippen molar-refractivity contribution in [3.8, 4) is 0 Å². The Kier molecular flexibility index (Phi) is 11.3. The van der Waals surface area contributed by atoms with Gasteiger partial charge in [-0.15, -0.1) is 0 Å². The van der Waals surface area contributed by atoms with Gasteiger partial charge in [-0.1, -0.05) is 46.0 Å². The number of unbranched alkanes of at least 4 members (excludes halogenated alkanes) is 5. The molecule has 0 radical (unpaired) electrons. The van der Waals surface area contributed by atoms with Gasteiger partial charge in [-0.3, -0.25) is 9.78 Å². The summed E-state index contributed by atoms with van der Waals surface area (Å²) in [5, 5.41) is 2.86. The number of ether oxygens (including phenoxy) is 1. The maximum atomic E-state index is 12.3. The number of nitrogens with zero attached hydrogens (tertiary/aromatic N) is 3. The average Bonchev–Trinajstić information content (AvgIpc) is 3.10. The van der Waals surface area contributed by atoms with Crippen molar-refractivity contribution in [2.45, 2.75) is 104 Å². The monoisotopic (exact) mass is 458 g/mol. The Labute approximate surface area is 198 Å². The van der Waals surface area contributed by atoms with E-state index in [0.717, 1.165) is 42.5 Å². The summed E-state index contributed by atoms with van der Waals surface area (Å²) in [6.45, 7) is 10.5. The molecule has 0 aromatic carbocycles. The van der Waals surface area contributed by atoms with Crippen LogP contribution >= 0.6 is 0 Å². The highest BCUT2D eigenvalue weighted by molar-refractivity contribution is 5.84. The van der Waals surface area contributed by atoms with Gasteiger partial charge in [-0.05, 0) is 52.0 Å². The predicted molar refractivity (Wildman–Crippen MR) is 132 cm³/mol. The van der Waals surface area contributed by atoms with Crippen molar-refractivity contribution in [1.29, 1.82) is 0 Å². The number of fused-ring (bicyclic) bond motifs is 1. The number of nitrogens with one attached hydrogen (secondary N) is 1. The summed E-state index contributed by atoms with van der Waals surface area (Å²) in [7, 11) is 0. The minimum absolute atomic E-state index is 0.0556. The number of esters is 1. The van der Waals surface area contributed by atoms with Crippen LogP contribution in [0.5, 0.6) is 0 Å². The number of amides is 1. The first-order chi connectivity index (χ1) is 15.8. The largest absolute Gasteiger partial charge is 0.464 e. The van der Waals surface area contributed by atoms with Crippen molar-refractivity contribution in [3.05, 3.63) is 24.3 Å². The summed E-state index contributed by atoms with van der Waals surface area (Å²) in [4.78, 5) is 33.2. The Balaban J connectivity index is 1.60. The summed E-state index contributed by atoms with van der Waals surface area (Å²) in [5.41, 5.74) is 2.12. The first-order valence-electron chi connectivity index (χ1n) is 12.6. The Morgan fingerprint density at radius 2 is 1.79 bits per heavy atom. The van der Waals surface area contributed by atoms with E-state index < -0.39 is 6.04 Å². The van der Waals surface area contributed by atoms with E-state index in [0.29, 0.717) is 31.4 Å². The number of rotatable bonds is 15. The van der Waals surface area contributed by atoms with Crippen LogP contribution < -0.4 is 5.32 Å². The lowest BCUT2D eigenvalue weighted by Crippen LogP contribution is -2.42. The number of aromatic nitrogens is 3. The number of hydrogen-bond donors (Lipinski definition) is 1. The van der Waals surface area contributed by atoms with E-state index in [9.17, 15) is 9.59 Å². The van der Waals surface area contributed by atoms with Gasteiger partial charge in [0.05, 0.1) is 23.8 Å². The van der Waals surface area contributed by atoms with Gasteiger partial charge in [0.25, 0.3) is 0 Å². The molecule has 2 atom stereocenters. The lowest BCUT2D eigenvalue weighted by molar-refractivity contribution is -0.147. The van der Waals surface area contributed by atoms with Crippen molar-refractivity contribution >= 4 is 22.9 Å². The Morgan fingerprint density at radius 1 is 1.09 bits per heavy atom. The van der Waals surface area contributed by atoms with Gasteiger partial charge in [0.1, 0.15) is 11.9 Å². The molecule has 33 heavy (non-hydrogen) atoms. The third-order valence-corrected chi connectivity index (χ3v) is 6.00. The fourth-order valence-electron chi connectivity index (χ4n) is 4.37. The van der Waals surface area contributed by atoms with E-state index in [2.05, 4.69) is 33.7 Å². The van der Waals surface area contributed by atoms with E-state index in [1.165, 1.54) is 19.3 Å². The summed E-state index contributed by atoms with van der Waals surface area (Å²) >= 11 is 0. The molecular formula is C26H42N4O3.